The van der Waals surface area contributed by atoms with Crippen molar-refractivity contribution in [3.8, 4) is 0 Å². The lowest BCUT2D eigenvalue weighted by molar-refractivity contribution is 0.525. The molecule has 0 unspecified atom stereocenters. The van der Waals surface area contributed by atoms with Gasteiger partial charge in [0.15, 0.2) is 0 Å². The molecule has 0 saturated carbocycles. The average Bonchev–Trinajstić information content (AvgIpc) is 2.34. The molecule has 0 aliphatic rings. The van der Waals surface area contributed by atoms with Crippen LogP contribution < -0.4 is 21.3 Å². The third-order valence-corrected chi connectivity index (χ3v) is 2.87. The first-order chi connectivity index (χ1) is 9.13. The van der Waals surface area contributed by atoms with Crippen LogP contribution in [0.5, 0.6) is 0 Å². The van der Waals surface area contributed by atoms with E-state index in [0.29, 0.717) is 12.1 Å². The van der Waals surface area contributed by atoms with Gasteiger partial charge in [-0.25, -0.2) is 0 Å². The topological polar surface area (TPSA) is 48.1 Å². The summed E-state index contributed by atoms with van der Waals surface area (Å²) in [6.07, 6.45) is 3.65. The molecule has 4 nitrogen and oxygen atoms in total. The molecule has 0 fully saturated rings. The van der Waals surface area contributed by atoms with Crippen molar-refractivity contribution in [2.75, 3.05) is 39.3 Å². The van der Waals surface area contributed by atoms with Gasteiger partial charge in [-0.05, 0) is 58.5 Å². The van der Waals surface area contributed by atoms with Gasteiger partial charge >= 0.3 is 0 Å². The highest BCUT2D eigenvalue weighted by Gasteiger charge is 1.93. The Bertz CT molecular complexity index is 154. The molecular weight excluding hydrogens is 236 g/mol. The van der Waals surface area contributed by atoms with Gasteiger partial charge < -0.3 is 21.3 Å². The van der Waals surface area contributed by atoms with Gasteiger partial charge in [0.2, 0.25) is 0 Å². The van der Waals surface area contributed by atoms with E-state index in [4.69, 9.17) is 0 Å². The van der Waals surface area contributed by atoms with Crippen LogP contribution in [-0.4, -0.2) is 51.4 Å². The summed E-state index contributed by atoms with van der Waals surface area (Å²) in [7, 11) is 0. The Balaban J connectivity index is 2.95. The van der Waals surface area contributed by atoms with Crippen LogP contribution in [-0.2, 0) is 0 Å². The fraction of sp³-hybridized carbons (Fsp3) is 1.00. The van der Waals surface area contributed by atoms with Crippen LogP contribution >= 0.6 is 0 Å². The maximum absolute atomic E-state index is 3.48. The molecular formula is C15H36N4. The van der Waals surface area contributed by atoms with Gasteiger partial charge in [-0.3, -0.25) is 0 Å². The number of hydrogen-bond donors (Lipinski definition) is 4. The zero-order chi connectivity index (χ0) is 14.3. The third-order valence-electron chi connectivity index (χ3n) is 2.87. The fourth-order valence-corrected chi connectivity index (χ4v) is 1.80. The second-order valence-electron chi connectivity index (χ2n) is 5.78. The summed E-state index contributed by atoms with van der Waals surface area (Å²) in [6.45, 7) is 15.5. The number of rotatable bonds is 14. The van der Waals surface area contributed by atoms with Crippen LogP contribution in [0.2, 0.25) is 0 Å². The first kappa shape index (κ1) is 18.8. The Hall–Kier alpha value is -0.160. The van der Waals surface area contributed by atoms with E-state index in [1.807, 2.05) is 0 Å². The summed E-state index contributed by atoms with van der Waals surface area (Å²) >= 11 is 0. The summed E-state index contributed by atoms with van der Waals surface area (Å²) in [5.74, 6) is 0. The molecule has 0 aromatic heterocycles. The summed E-state index contributed by atoms with van der Waals surface area (Å²) in [6, 6.07) is 1.21. The number of hydrogen-bond acceptors (Lipinski definition) is 4. The van der Waals surface area contributed by atoms with Gasteiger partial charge in [-0.1, -0.05) is 27.7 Å². The largest absolute Gasteiger partial charge is 0.317 e. The van der Waals surface area contributed by atoms with Crippen molar-refractivity contribution in [2.45, 2.75) is 59.0 Å². The first-order valence-corrected chi connectivity index (χ1v) is 8.01. The lowest BCUT2D eigenvalue weighted by atomic mass is 10.3. The minimum absolute atomic E-state index is 0.606. The summed E-state index contributed by atoms with van der Waals surface area (Å²) in [5, 5.41) is 13.8. The molecule has 0 atom stereocenters. The van der Waals surface area contributed by atoms with E-state index in [1.165, 1.54) is 19.3 Å². The van der Waals surface area contributed by atoms with E-state index in [1.54, 1.807) is 0 Å². The molecule has 0 aromatic carbocycles. The minimum atomic E-state index is 0.606. The molecule has 4 heteroatoms. The predicted molar refractivity (Wildman–Crippen MR) is 85.9 cm³/mol. The van der Waals surface area contributed by atoms with Crippen molar-refractivity contribution < 1.29 is 0 Å². The highest BCUT2D eigenvalue weighted by atomic mass is 14.9. The first-order valence-electron chi connectivity index (χ1n) is 8.01. The standard InChI is InChI=1S/C15H36N4/c1-14(2)18-12-6-10-16-8-5-9-17-11-7-13-19-15(3)4/h14-19H,5-13H2,1-4H3. The summed E-state index contributed by atoms with van der Waals surface area (Å²) in [5.41, 5.74) is 0. The number of nitrogens with one attached hydrogen (secondary N) is 4. The molecule has 0 amide bonds. The zero-order valence-electron chi connectivity index (χ0n) is 13.5. The molecule has 19 heavy (non-hydrogen) atoms. The lowest BCUT2D eigenvalue weighted by Crippen LogP contribution is -2.29. The van der Waals surface area contributed by atoms with Gasteiger partial charge in [0.25, 0.3) is 0 Å². The van der Waals surface area contributed by atoms with E-state index in [9.17, 15) is 0 Å². The van der Waals surface area contributed by atoms with E-state index in [2.05, 4.69) is 49.0 Å². The summed E-state index contributed by atoms with van der Waals surface area (Å²) < 4.78 is 0. The van der Waals surface area contributed by atoms with Crippen LogP contribution in [0.1, 0.15) is 47.0 Å². The van der Waals surface area contributed by atoms with Gasteiger partial charge in [-0.15, -0.1) is 0 Å². The van der Waals surface area contributed by atoms with Crippen LogP contribution in [0.25, 0.3) is 0 Å². The van der Waals surface area contributed by atoms with Crippen molar-refractivity contribution in [3.63, 3.8) is 0 Å². The average molecular weight is 272 g/mol. The molecule has 116 valence electrons. The lowest BCUT2D eigenvalue weighted by Gasteiger charge is -2.09. The van der Waals surface area contributed by atoms with Crippen LogP contribution in [0.15, 0.2) is 0 Å². The van der Waals surface area contributed by atoms with E-state index in [-0.39, 0.29) is 0 Å². The Morgan fingerprint density at radius 1 is 0.526 bits per heavy atom. The molecule has 0 spiro atoms. The molecule has 0 saturated heterocycles. The second-order valence-corrected chi connectivity index (χ2v) is 5.78. The molecule has 0 aliphatic carbocycles. The van der Waals surface area contributed by atoms with Crippen molar-refractivity contribution in [2.24, 2.45) is 0 Å². The Morgan fingerprint density at radius 2 is 0.842 bits per heavy atom. The molecule has 4 N–H and O–H groups in total. The van der Waals surface area contributed by atoms with Crippen LogP contribution in [0.4, 0.5) is 0 Å². The van der Waals surface area contributed by atoms with Gasteiger partial charge in [-0.2, -0.15) is 0 Å². The molecule has 0 bridgehead atoms. The Morgan fingerprint density at radius 3 is 1.16 bits per heavy atom. The molecule has 0 aliphatic heterocycles. The minimum Gasteiger partial charge on any atom is -0.317 e. The van der Waals surface area contributed by atoms with Gasteiger partial charge in [0.05, 0.1) is 0 Å². The molecule has 0 radical (unpaired) electrons. The molecule has 0 heterocycles. The quantitative estimate of drug-likeness (QED) is 0.360. The van der Waals surface area contributed by atoms with Crippen molar-refractivity contribution in [3.05, 3.63) is 0 Å². The Kier molecular flexibility index (Phi) is 14.1. The maximum Gasteiger partial charge on any atom is 0.00103 e. The van der Waals surface area contributed by atoms with Gasteiger partial charge in [0, 0.05) is 12.1 Å². The fourth-order valence-electron chi connectivity index (χ4n) is 1.80. The monoisotopic (exact) mass is 272 g/mol. The third kappa shape index (κ3) is 17.8. The van der Waals surface area contributed by atoms with Crippen LogP contribution in [0, 0.1) is 0 Å². The maximum atomic E-state index is 3.48. The highest BCUT2D eigenvalue weighted by molar-refractivity contribution is 4.57. The van der Waals surface area contributed by atoms with Crippen molar-refractivity contribution in [1.82, 2.24) is 21.3 Å². The smallest absolute Gasteiger partial charge is 0.00103 e. The second kappa shape index (κ2) is 14.3. The van der Waals surface area contributed by atoms with Crippen molar-refractivity contribution >= 4 is 0 Å². The van der Waals surface area contributed by atoms with Crippen molar-refractivity contribution in [1.29, 1.82) is 0 Å². The van der Waals surface area contributed by atoms with E-state index < -0.39 is 0 Å². The van der Waals surface area contributed by atoms with E-state index in [0.717, 1.165) is 39.3 Å². The molecule has 0 aromatic rings. The van der Waals surface area contributed by atoms with Crippen LogP contribution in [0.3, 0.4) is 0 Å². The van der Waals surface area contributed by atoms with E-state index >= 15 is 0 Å². The highest BCUT2D eigenvalue weighted by Crippen LogP contribution is 1.82. The SMILES string of the molecule is CC(C)NCCCNCCCNCCCNC(C)C. The zero-order valence-corrected chi connectivity index (χ0v) is 13.5. The normalized spacial score (nSPS) is 11.7. The summed E-state index contributed by atoms with van der Waals surface area (Å²) in [4.78, 5) is 0. The predicted octanol–water partition coefficient (Wildman–Crippen LogP) is 1.33. The Labute approximate surface area is 120 Å². The molecule has 0 rings (SSSR count). The van der Waals surface area contributed by atoms with Gasteiger partial charge in [0.1, 0.15) is 0 Å².